The Morgan fingerprint density at radius 2 is 2.17 bits per heavy atom. The van der Waals surface area contributed by atoms with E-state index in [4.69, 9.17) is 0 Å². The van der Waals surface area contributed by atoms with E-state index < -0.39 is 0 Å². The Kier molecular flexibility index (Phi) is 3.99. The first-order valence-corrected chi connectivity index (χ1v) is 6.01. The number of halogens is 1. The molecule has 0 aliphatic rings. The van der Waals surface area contributed by atoms with Gasteiger partial charge in [0.1, 0.15) is 5.82 Å². The summed E-state index contributed by atoms with van der Waals surface area (Å²) < 4.78 is 13.8. The number of aromatic nitrogens is 2. The van der Waals surface area contributed by atoms with Gasteiger partial charge in [0.25, 0.3) is 0 Å². The summed E-state index contributed by atoms with van der Waals surface area (Å²) in [5.41, 5.74) is 2.09. The van der Waals surface area contributed by atoms with E-state index in [1.54, 1.807) is 24.7 Å². The summed E-state index contributed by atoms with van der Waals surface area (Å²) in [6.45, 7) is 4.97. The van der Waals surface area contributed by atoms with Crippen molar-refractivity contribution in [3.63, 3.8) is 0 Å². The summed E-state index contributed by atoms with van der Waals surface area (Å²) in [7, 11) is 0. The number of rotatable bonds is 4. The molecule has 0 radical (unpaired) electrons. The van der Waals surface area contributed by atoms with Gasteiger partial charge in [0.05, 0.1) is 11.9 Å². The van der Waals surface area contributed by atoms with Crippen molar-refractivity contribution in [3.8, 4) is 11.3 Å². The molecule has 0 aliphatic heterocycles. The van der Waals surface area contributed by atoms with E-state index in [9.17, 15) is 4.39 Å². The van der Waals surface area contributed by atoms with Crippen molar-refractivity contribution in [2.75, 3.05) is 6.54 Å². The summed E-state index contributed by atoms with van der Waals surface area (Å²) in [6.07, 6.45) is 4.71. The molecule has 0 fully saturated rings. The van der Waals surface area contributed by atoms with Crippen molar-refractivity contribution < 1.29 is 4.39 Å². The van der Waals surface area contributed by atoms with Crippen LogP contribution in [-0.4, -0.2) is 16.5 Å². The topological polar surface area (TPSA) is 37.8 Å². The van der Waals surface area contributed by atoms with E-state index in [0.29, 0.717) is 11.3 Å². The number of hydrogen-bond acceptors (Lipinski definition) is 3. The third kappa shape index (κ3) is 2.71. The van der Waals surface area contributed by atoms with Crippen LogP contribution in [0, 0.1) is 5.82 Å². The molecule has 2 rings (SSSR count). The fraction of sp³-hybridized carbons (Fsp3) is 0.286. The standard InChI is InChI=1S/C14H16FN3/c1-3-17-10(2)11-4-5-13(15)12(8-11)14-9-16-6-7-18-14/h4-10,17H,3H2,1-2H3. The Morgan fingerprint density at radius 1 is 1.33 bits per heavy atom. The molecular formula is C14H16FN3. The minimum absolute atomic E-state index is 0.186. The van der Waals surface area contributed by atoms with E-state index in [-0.39, 0.29) is 11.9 Å². The molecule has 1 aromatic carbocycles. The fourth-order valence-electron chi connectivity index (χ4n) is 1.87. The molecule has 1 atom stereocenters. The fourth-order valence-corrected chi connectivity index (χ4v) is 1.87. The molecular weight excluding hydrogens is 229 g/mol. The number of nitrogens with one attached hydrogen (secondary N) is 1. The Balaban J connectivity index is 2.39. The predicted octanol–water partition coefficient (Wildman–Crippen LogP) is 2.95. The first-order chi connectivity index (χ1) is 8.72. The lowest BCUT2D eigenvalue weighted by Gasteiger charge is -2.14. The Hall–Kier alpha value is -1.81. The summed E-state index contributed by atoms with van der Waals surface area (Å²) in [5, 5.41) is 3.30. The second-order valence-electron chi connectivity index (χ2n) is 4.11. The maximum Gasteiger partial charge on any atom is 0.132 e. The predicted molar refractivity (Wildman–Crippen MR) is 69.5 cm³/mol. The van der Waals surface area contributed by atoms with Crippen LogP contribution in [0.15, 0.2) is 36.8 Å². The molecule has 0 spiro atoms. The smallest absolute Gasteiger partial charge is 0.132 e. The minimum Gasteiger partial charge on any atom is -0.310 e. The Bertz CT molecular complexity index is 514. The molecule has 94 valence electrons. The first-order valence-electron chi connectivity index (χ1n) is 6.01. The van der Waals surface area contributed by atoms with Crippen molar-refractivity contribution in [1.29, 1.82) is 0 Å². The van der Waals surface area contributed by atoms with Crippen LogP contribution in [0.3, 0.4) is 0 Å². The lowest BCUT2D eigenvalue weighted by Crippen LogP contribution is -2.17. The van der Waals surface area contributed by atoms with Crippen LogP contribution >= 0.6 is 0 Å². The quantitative estimate of drug-likeness (QED) is 0.900. The molecule has 1 N–H and O–H groups in total. The monoisotopic (exact) mass is 245 g/mol. The average Bonchev–Trinajstić information content (AvgIpc) is 2.40. The highest BCUT2D eigenvalue weighted by atomic mass is 19.1. The van der Waals surface area contributed by atoms with E-state index in [0.717, 1.165) is 12.1 Å². The van der Waals surface area contributed by atoms with Crippen molar-refractivity contribution in [3.05, 3.63) is 48.2 Å². The molecule has 3 nitrogen and oxygen atoms in total. The lowest BCUT2D eigenvalue weighted by molar-refractivity contribution is 0.592. The van der Waals surface area contributed by atoms with Crippen LogP contribution in [0.2, 0.25) is 0 Å². The van der Waals surface area contributed by atoms with Gasteiger partial charge in [-0.3, -0.25) is 9.97 Å². The maximum absolute atomic E-state index is 13.8. The van der Waals surface area contributed by atoms with Crippen molar-refractivity contribution in [2.45, 2.75) is 19.9 Å². The van der Waals surface area contributed by atoms with Gasteiger partial charge in [0, 0.05) is 24.0 Å². The molecule has 1 aromatic heterocycles. The van der Waals surface area contributed by atoms with Gasteiger partial charge in [-0.25, -0.2) is 4.39 Å². The summed E-state index contributed by atoms with van der Waals surface area (Å²) in [6, 6.07) is 5.29. The zero-order chi connectivity index (χ0) is 13.0. The second kappa shape index (κ2) is 5.69. The highest BCUT2D eigenvalue weighted by molar-refractivity contribution is 5.60. The molecule has 0 saturated heterocycles. The van der Waals surface area contributed by atoms with Crippen molar-refractivity contribution in [2.24, 2.45) is 0 Å². The molecule has 4 heteroatoms. The number of benzene rings is 1. The zero-order valence-electron chi connectivity index (χ0n) is 10.5. The third-order valence-corrected chi connectivity index (χ3v) is 2.84. The van der Waals surface area contributed by atoms with Crippen molar-refractivity contribution >= 4 is 0 Å². The van der Waals surface area contributed by atoms with Crippen LogP contribution in [-0.2, 0) is 0 Å². The first kappa shape index (κ1) is 12.6. The summed E-state index contributed by atoms with van der Waals surface area (Å²) >= 11 is 0. The van der Waals surface area contributed by atoms with Crippen LogP contribution in [0.4, 0.5) is 4.39 Å². The average molecular weight is 245 g/mol. The normalized spacial score (nSPS) is 12.4. The van der Waals surface area contributed by atoms with Crippen LogP contribution < -0.4 is 5.32 Å². The van der Waals surface area contributed by atoms with Gasteiger partial charge in [-0.05, 0) is 31.2 Å². The Morgan fingerprint density at radius 3 is 2.83 bits per heavy atom. The molecule has 0 bridgehead atoms. The highest BCUT2D eigenvalue weighted by Crippen LogP contribution is 2.24. The van der Waals surface area contributed by atoms with Crippen molar-refractivity contribution in [1.82, 2.24) is 15.3 Å². The van der Waals surface area contributed by atoms with E-state index in [1.807, 2.05) is 13.0 Å². The van der Waals surface area contributed by atoms with E-state index in [1.165, 1.54) is 6.07 Å². The molecule has 0 aliphatic carbocycles. The number of hydrogen-bond donors (Lipinski definition) is 1. The third-order valence-electron chi connectivity index (χ3n) is 2.84. The zero-order valence-corrected chi connectivity index (χ0v) is 10.5. The van der Waals surface area contributed by atoms with E-state index >= 15 is 0 Å². The molecule has 18 heavy (non-hydrogen) atoms. The summed E-state index contributed by atoms with van der Waals surface area (Å²) in [5.74, 6) is -0.275. The SMILES string of the molecule is CCNC(C)c1ccc(F)c(-c2cnccn2)c1. The number of nitrogens with zero attached hydrogens (tertiary/aromatic N) is 2. The lowest BCUT2D eigenvalue weighted by atomic mass is 10.0. The van der Waals surface area contributed by atoms with Gasteiger partial charge in [0.15, 0.2) is 0 Å². The van der Waals surface area contributed by atoms with Crippen LogP contribution in [0.1, 0.15) is 25.5 Å². The molecule has 1 heterocycles. The van der Waals surface area contributed by atoms with Gasteiger partial charge < -0.3 is 5.32 Å². The van der Waals surface area contributed by atoms with Gasteiger partial charge >= 0.3 is 0 Å². The summed E-state index contributed by atoms with van der Waals surface area (Å²) in [4.78, 5) is 8.10. The van der Waals surface area contributed by atoms with Gasteiger partial charge in [-0.1, -0.05) is 13.0 Å². The molecule has 2 aromatic rings. The molecule has 0 saturated carbocycles. The van der Waals surface area contributed by atoms with Gasteiger partial charge in [0.2, 0.25) is 0 Å². The van der Waals surface area contributed by atoms with Gasteiger partial charge in [-0.15, -0.1) is 0 Å². The van der Waals surface area contributed by atoms with Crippen LogP contribution in [0.5, 0.6) is 0 Å². The Labute approximate surface area is 106 Å². The van der Waals surface area contributed by atoms with Gasteiger partial charge in [-0.2, -0.15) is 0 Å². The molecule has 0 amide bonds. The largest absolute Gasteiger partial charge is 0.310 e. The minimum atomic E-state index is -0.275. The maximum atomic E-state index is 13.8. The highest BCUT2D eigenvalue weighted by Gasteiger charge is 2.10. The van der Waals surface area contributed by atoms with Crippen LogP contribution in [0.25, 0.3) is 11.3 Å². The second-order valence-corrected chi connectivity index (χ2v) is 4.11. The van der Waals surface area contributed by atoms with E-state index in [2.05, 4.69) is 22.2 Å². The molecule has 1 unspecified atom stereocenters.